The number of thiazole rings is 1. The number of hydrogen-bond donors (Lipinski definition) is 2. The van der Waals surface area contributed by atoms with E-state index < -0.39 is 5.91 Å². The van der Waals surface area contributed by atoms with E-state index in [-0.39, 0.29) is 5.91 Å². The maximum absolute atomic E-state index is 12.3. The molecule has 2 amide bonds. The first-order valence-corrected chi connectivity index (χ1v) is 10.2. The standard InChI is InChI=1S/C21H22N4O2S/c22-20(27)14-5-7-16(8-6-14)23-19(26)13-25-11-9-15(10-12-25)21-24-17-3-1-2-4-18(17)28-21/h1-8,15H,9-13H2,(H2,22,27)(H,23,26). The minimum Gasteiger partial charge on any atom is -0.366 e. The Labute approximate surface area is 167 Å². The molecule has 3 N–H and O–H groups in total. The molecule has 0 unspecified atom stereocenters. The molecule has 1 fully saturated rings. The summed E-state index contributed by atoms with van der Waals surface area (Å²) in [5.74, 6) is -0.0582. The number of likely N-dealkylation sites (tertiary alicyclic amines) is 1. The Bertz CT molecular complexity index is 958. The minimum atomic E-state index is -0.478. The molecule has 3 aromatic rings. The predicted octanol–water partition coefficient (Wildman–Crippen LogP) is 3.21. The number of piperidine rings is 1. The average Bonchev–Trinajstić information content (AvgIpc) is 3.13. The van der Waals surface area contributed by atoms with E-state index in [2.05, 4.69) is 22.3 Å². The first-order chi connectivity index (χ1) is 13.6. The number of carbonyl (C=O) groups excluding carboxylic acids is 2. The summed E-state index contributed by atoms with van der Waals surface area (Å²) in [5, 5.41) is 4.08. The van der Waals surface area contributed by atoms with E-state index in [1.807, 2.05) is 12.1 Å². The topological polar surface area (TPSA) is 88.3 Å². The Morgan fingerprint density at radius 3 is 2.50 bits per heavy atom. The fraction of sp³-hybridized carbons (Fsp3) is 0.286. The Hall–Kier alpha value is -2.77. The van der Waals surface area contributed by atoms with Gasteiger partial charge in [0.25, 0.3) is 0 Å². The summed E-state index contributed by atoms with van der Waals surface area (Å²) in [6.07, 6.45) is 2.03. The van der Waals surface area contributed by atoms with Gasteiger partial charge in [-0.1, -0.05) is 12.1 Å². The number of anilines is 1. The number of hydrogen-bond acceptors (Lipinski definition) is 5. The molecule has 2 heterocycles. The molecule has 28 heavy (non-hydrogen) atoms. The summed E-state index contributed by atoms with van der Waals surface area (Å²) in [6, 6.07) is 14.9. The zero-order chi connectivity index (χ0) is 19.5. The van der Waals surface area contributed by atoms with Gasteiger partial charge in [0.2, 0.25) is 11.8 Å². The van der Waals surface area contributed by atoms with Crippen LogP contribution in [0.2, 0.25) is 0 Å². The highest BCUT2D eigenvalue weighted by Gasteiger charge is 2.24. The van der Waals surface area contributed by atoms with Crippen molar-refractivity contribution in [2.24, 2.45) is 5.73 Å². The fourth-order valence-corrected chi connectivity index (χ4v) is 4.66. The first kappa shape index (κ1) is 18.6. The molecule has 1 saturated heterocycles. The zero-order valence-corrected chi connectivity index (χ0v) is 16.2. The van der Waals surface area contributed by atoms with Gasteiger partial charge >= 0.3 is 0 Å². The van der Waals surface area contributed by atoms with Crippen LogP contribution in [0.4, 0.5) is 5.69 Å². The summed E-state index contributed by atoms with van der Waals surface area (Å²) in [6.45, 7) is 2.13. The Balaban J connectivity index is 1.29. The molecular formula is C21H22N4O2S. The Morgan fingerprint density at radius 2 is 1.82 bits per heavy atom. The number of nitrogens with one attached hydrogen (secondary N) is 1. The second-order valence-corrected chi connectivity index (χ2v) is 8.12. The molecule has 1 aromatic heterocycles. The highest BCUT2D eigenvalue weighted by atomic mass is 32.1. The van der Waals surface area contributed by atoms with Crippen LogP contribution in [0.3, 0.4) is 0 Å². The lowest BCUT2D eigenvalue weighted by molar-refractivity contribution is -0.117. The quantitative estimate of drug-likeness (QED) is 0.695. The van der Waals surface area contributed by atoms with Crippen molar-refractivity contribution >= 4 is 39.1 Å². The van der Waals surface area contributed by atoms with E-state index >= 15 is 0 Å². The monoisotopic (exact) mass is 394 g/mol. The van der Waals surface area contributed by atoms with E-state index in [9.17, 15) is 9.59 Å². The van der Waals surface area contributed by atoms with Gasteiger partial charge in [-0.15, -0.1) is 11.3 Å². The summed E-state index contributed by atoms with van der Waals surface area (Å²) in [7, 11) is 0. The van der Waals surface area contributed by atoms with Crippen LogP contribution in [0.15, 0.2) is 48.5 Å². The molecule has 144 valence electrons. The molecule has 4 rings (SSSR count). The van der Waals surface area contributed by atoms with Crippen LogP contribution in [-0.4, -0.2) is 41.3 Å². The number of nitrogens with two attached hydrogens (primary N) is 1. The van der Waals surface area contributed by atoms with Gasteiger partial charge in [-0.2, -0.15) is 0 Å². The van der Waals surface area contributed by atoms with Crippen LogP contribution >= 0.6 is 11.3 Å². The number of para-hydroxylation sites is 1. The lowest BCUT2D eigenvalue weighted by Crippen LogP contribution is -2.38. The molecule has 1 aliphatic heterocycles. The largest absolute Gasteiger partial charge is 0.366 e. The summed E-state index contributed by atoms with van der Waals surface area (Å²) >= 11 is 1.78. The summed E-state index contributed by atoms with van der Waals surface area (Å²) in [4.78, 5) is 30.4. The van der Waals surface area contributed by atoms with E-state index in [0.29, 0.717) is 23.7 Å². The maximum Gasteiger partial charge on any atom is 0.248 e. The number of nitrogens with zero attached hydrogens (tertiary/aromatic N) is 2. The van der Waals surface area contributed by atoms with Crippen molar-refractivity contribution in [3.8, 4) is 0 Å². The smallest absolute Gasteiger partial charge is 0.248 e. The number of rotatable bonds is 5. The number of amides is 2. The third-order valence-electron chi connectivity index (χ3n) is 5.07. The zero-order valence-electron chi connectivity index (χ0n) is 15.4. The van der Waals surface area contributed by atoms with E-state index in [4.69, 9.17) is 10.7 Å². The predicted molar refractivity (Wildman–Crippen MR) is 112 cm³/mol. The number of aromatic nitrogens is 1. The second-order valence-electron chi connectivity index (χ2n) is 7.06. The van der Waals surface area contributed by atoms with Crippen LogP contribution < -0.4 is 11.1 Å². The van der Waals surface area contributed by atoms with E-state index in [0.717, 1.165) is 31.4 Å². The number of fused-ring (bicyclic) bond motifs is 1. The van der Waals surface area contributed by atoms with Crippen molar-refractivity contribution < 1.29 is 9.59 Å². The molecular weight excluding hydrogens is 372 g/mol. The van der Waals surface area contributed by atoms with Crippen molar-refractivity contribution in [1.29, 1.82) is 0 Å². The molecule has 6 nitrogen and oxygen atoms in total. The number of carbonyl (C=O) groups is 2. The summed E-state index contributed by atoms with van der Waals surface area (Å²) < 4.78 is 1.24. The highest BCUT2D eigenvalue weighted by molar-refractivity contribution is 7.18. The molecule has 0 radical (unpaired) electrons. The van der Waals surface area contributed by atoms with Gasteiger partial charge in [0.05, 0.1) is 21.8 Å². The van der Waals surface area contributed by atoms with Crippen LogP contribution in [0.5, 0.6) is 0 Å². The second kappa shape index (κ2) is 8.08. The molecule has 0 bridgehead atoms. The lowest BCUT2D eigenvalue weighted by Gasteiger charge is -2.30. The first-order valence-electron chi connectivity index (χ1n) is 9.36. The van der Waals surface area contributed by atoms with Gasteiger partial charge in [0.15, 0.2) is 0 Å². The number of benzene rings is 2. The molecule has 0 spiro atoms. The number of primary amides is 1. The van der Waals surface area contributed by atoms with Gasteiger partial charge < -0.3 is 11.1 Å². The lowest BCUT2D eigenvalue weighted by atomic mass is 9.97. The minimum absolute atomic E-state index is 0.0507. The molecule has 0 saturated carbocycles. The van der Waals surface area contributed by atoms with Crippen LogP contribution in [0, 0.1) is 0 Å². The molecule has 0 atom stereocenters. The van der Waals surface area contributed by atoms with Gasteiger partial charge in [-0.3, -0.25) is 14.5 Å². The molecule has 0 aliphatic carbocycles. The van der Waals surface area contributed by atoms with Crippen molar-refractivity contribution in [3.05, 3.63) is 59.1 Å². The SMILES string of the molecule is NC(=O)c1ccc(NC(=O)CN2CCC(c3nc4ccccc4s3)CC2)cc1. The van der Waals surface area contributed by atoms with E-state index in [1.165, 1.54) is 9.71 Å². The van der Waals surface area contributed by atoms with Crippen molar-refractivity contribution in [3.63, 3.8) is 0 Å². The molecule has 7 heteroatoms. The fourth-order valence-electron chi connectivity index (χ4n) is 3.52. The van der Waals surface area contributed by atoms with Gasteiger partial charge in [0, 0.05) is 17.2 Å². The average molecular weight is 395 g/mol. The van der Waals surface area contributed by atoms with Crippen molar-refractivity contribution in [1.82, 2.24) is 9.88 Å². The maximum atomic E-state index is 12.3. The third kappa shape index (κ3) is 4.21. The summed E-state index contributed by atoms with van der Waals surface area (Å²) in [5.41, 5.74) is 7.39. The van der Waals surface area contributed by atoms with Gasteiger partial charge in [-0.25, -0.2) is 4.98 Å². The normalized spacial score (nSPS) is 15.6. The van der Waals surface area contributed by atoms with Crippen LogP contribution in [-0.2, 0) is 4.79 Å². The third-order valence-corrected chi connectivity index (χ3v) is 6.27. The van der Waals surface area contributed by atoms with Crippen molar-refractivity contribution in [2.45, 2.75) is 18.8 Å². The Morgan fingerprint density at radius 1 is 1.11 bits per heavy atom. The van der Waals surface area contributed by atoms with Gasteiger partial charge in [-0.05, 0) is 62.3 Å². The highest BCUT2D eigenvalue weighted by Crippen LogP contribution is 2.33. The van der Waals surface area contributed by atoms with Crippen LogP contribution in [0.1, 0.15) is 34.1 Å². The van der Waals surface area contributed by atoms with E-state index in [1.54, 1.807) is 35.6 Å². The molecule has 2 aromatic carbocycles. The Kier molecular flexibility index (Phi) is 5.36. The van der Waals surface area contributed by atoms with Gasteiger partial charge in [0.1, 0.15) is 0 Å². The molecule has 1 aliphatic rings. The van der Waals surface area contributed by atoms with Crippen LogP contribution in [0.25, 0.3) is 10.2 Å². The van der Waals surface area contributed by atoms with Crippen molar-refractivity contribution in [2.75, 3.05) is 25.0 Å².